The third-order valence-corrected chi connectivity index (χ3v) is 5.68. The Morgan fingerprint density at radius 1 is 1.32 bits per heavy atom. The van der Waals surface area contributed by atoms with Crippen molar-refractivity contribution in [2.75, 3.05) is 26.3 Å². The zero-order valence-corrected chi connectivity index (χ0v) is 12.5. The second-order valence-electron chi connectivity index (χ2n) is 5.88. The minimum Gasteiger partial charge on any atom is -0.379 e. The van der Waals surface area contributed by atoms with Gasteiger partial charge in [0.25, 0.3) is 0 Å². The van der Waals surface area contributed by atoms with Gasteiger partial charge >= 0.3 is 0 Å². The van der Waals surface area contributed by atoms with Crippen molar-refractivity contribution in [3.05, 3.63) is 21.9 Å². The van der Waals surface area contributed by atoms with Crippen LogP contribution in [0.25, 0.3) is 0 Å². The Kier molecular flexibility index (Phi) is 3.94. The van der Waals surface area contributed by atoms with E-state index < -0.39 is 0 Å². The highest BCUT2D eigenvalue weighted by Gasteiger charge is 2.45. The predicted octanol–water partition coefficient (Wildman–Crippen LogP) is 2.70. The van der Waals surface area contributed by atoms with Crippen LogP contribution in [-0.2, 0) is 4.74 Å². The second-order valence-corrected chi connectivity index (χ2v) is 6.99. The van der Waals surface area contributed by atoms with Crippen LogP contribution in [0.4, 0.5) is 0 Å². The van der Waals surface area contributed by atoms with Crippen molar-refractivity contribution in [1.29, 1.82) is 0 Å². The highest BCUT2D eigenvalue weighted by Crippen LogP contribution is 2.44. The van der Waals surface area contributed by atoms with Gasteiger partial charge in [-0.25, -0.2) is 0 Å². The second kappa shape index (κ2) is 5.52. The summed E-state index contributed by atoms with van der Waals surface area (Å²) < 4.78 is 5.51. The number of hydrogen-bond acceptors (Lipinski definition) is 4. The number of thiophene rings is 1. The van der Waals surface area contributed by atoms with Gasteiger partial charge in [0.05, 0.1) is 13.2 Å². The van der Waals surface area contributed by atoms with E-state index >= 15 is 0 Å². The first kappa shape index (κ1) is 13.6. The van der Waals surface area contributed by atoms with Crippen LogP contribution in [0.1, 0.15) is 42.2 Å². The van der Waals surface area contributed by atoms with Crippen LogP contribution in [-0.4, -0.2) is 36.7 Å². The Morgan fingerprint density at radius 2 is 2.00 bits per heavy atom. The SMILES string of the molecule is Cc1cc(C(N)C2(N3CCOCC3)CCCC2)cs1. The molecule has 2 heterocycles. The Morgan fingerprint density at radius 3 is 2.58 bits per heavy atom. The maximum atomic E-state index is 6.70. The molecule has 1 unspecified atom stereocenters. The highest BCUT2D eigenvalue weighted by molar-refractivity contribution is 7.10. The molecular formula is C15H24N2OS. The average molecular weight is 280 g/mol. The summed E-state index contributed by atoms with van der Waals surface area (Å²) in [4.78, 5) is 3.97. The summed E-state index contributed by atoms with van der Waals surface area (Å²) >= 11 is 1.81. The lowest BCUT2D eigenvalue weighted by Crippen LogP contribution is -2.57. The van der Waals surface area contributed by atoms with Crippen molar-refractivity contribution in [2.45, 2.75) is 44.2 Å². The molecule has 1 saturated carbocycles. The lowest BCUT2D eigenvalue weighted by molar-refractivity contribution is -0.0311. The average Bonchev–Trinajstić information content (AvgIpc) is 3.08. The van der Waals surface area contributed by atoms with Crippen LogP contribution in [0.15, 0.2) is 11.4 Å². The number of rotatable bonds is 3. The van der Waals surface area contributed by atoms with Crippen molar-refractivity contribution < 1.29 is 4.74 Å². The van der Waals surface area contributed by atoms with E-state index in [1.807, 2.05) is 11.3 Å². The number of nitrogens with two attached hydrogens (primary N) is 1. The minimum absolute atomic E-state index is 0.151. The molecule has 2 N–H and O–H groups in total. The Bertz CT molecular complexity index is 420. The van der Waals surface area contributed by atoms with Crippen molar-refractivity contribution in [1.82, 2.24) is 4.90 Å². The molecule has 3 rings (SSSR count). The fourth-order valence-corrected chi connectivity index (χ4v) is 4.50. The first-order valence-electron chi connectivity index (χ1n) is 7.36. The van der Waals surface area contributed by atoms with E-state index in [4.69, 9.17) is 10.5 Å². The van der Waals surface area contributed by atoms with Gasteiger partial charge in [-0.15, -0.1) is 11.3 Å². The summed E-state index contributed by atoms with van der Waals surface area (Å²) in [6, 6.07) is 2.42. The zero-order valence-electron chi connectivity index (χ0n) is 11.7. The topological polar surface area (TPSA) is 38.5 Å². The third-order valence-electron chi connectivity index (χ3n) is 4.80. The molecule has 3 nitrogen and oxygen atoms in total. The predicted molar refractivity (Wildman–Crippen MR) is 79.6 cm³/mol. The molecule has 1 aromatic heterocycles. The molecule has 0 bridgehead atoms. The molecule has 1 aromatic rings. The molecule has 106 valence electrons. The number of hydrogen-bond donors (Lipinski definition) is 1. The maximum absolute atomic E-state index is 6.70. The van der Waals surface area contributed by atoms with Crippen LogP contribution < -0.4 is 5.73 Å². The van der Waals surface area contributed by atoms with Gasteiger partial charge in [-0.05, 0) is 36.8 Å². The van der Waals surface area contributed by atoms with E-state index in [0.29, 0.717) is 0 Å². The molecule has 0 aromatic carbocycles. The summed E-state index contributed by atoms with van der Waals surface area (Å²) in [7, 11) is 0. The summed E-state index contributed by atoms with van der Waals surface area (Å²) in [6.45, 7) is 5.96. The largest absolute Gasteiger partial charge is 0.379 e. The Labute approximate surface area is 119 Å². The van der Waals surface area contributed by atoms with Gasteiger partial charge in [0.15, 0.2) is 0 Å². The van der Waals surface area contributed by atoms with E-state index in [9.17, 15) is 0 Å². The van der Waals surface area contributed by atoms with Crippen LogP contribution in [0.5, 0.6) is 0 Å². The van der Waals surface area contributed by atoms with Gasteiger partial charge in [0, 0.05) is 29.5 Å². The molecule has 0 radical (unpaired) electrons. The Balaban J connectivity index is 1.86. The van der Waals surface area contributed by atoms with Gasteiger partial charge in [-0.2, -0.15) is 0 Å². The van der Waals surface area contributed by atoms with Crippen molar-refractivity contribution >= 4 is 11.3 Å². The van der Waals surface area contributed by atoms with Crippen molar-refractivity contribution in [2.24, 2.45) is 5.73 Å². The third kappa shape index (κ3) is 2.47. The van der Waals surface area contributed by atoms with E-state index in [1.54, 1.807) is 0 Å². The van der Waals surface area contributed by atoms with Crippen molar-refractivity contribution in [3.63, 3.8) is 0 Å². The van der Waals surface area contributed by atoms with Gasteiger partial charge in [0.1, 0.15) is 0 Å². The molecular weight excluding hydrogens is 256 g/mol. The van der Waals surface area contributed by atoms with Crippen LogP contribution in [0.2, 0.25) is 0 Å². The molecule has 1 saturated heterocycles. The smallest absolute Gasteiger partial charge is 0.0594 e. The molecule has 4 heteroatoms. The standard InChI is InChI=1S/C15H24N2OS/c1-12-10-13(11-19-12)14(16)15(4-2-3-5-15)17-6-8-18-9-7-17/h10-11,14H,2-9,16H2,1H3. The summed E-state index contributed by atoms with van der Waals surface area (Å²) in [5.74, 6) is 0. The van der Waals surface area contributed by atoms with Gasteiger partial charge < -0.3 is 10.5 Å². The van der Waals surface area contributed by atoms with Crippen molar-refractivity contribution in [3.8, 4) is 0 Å². The molecule has 0 spiro atoms. The van der Waals surface area contributed by atoms with Crippen LogP contribution in [0.3, 0.4) is 0 Å². The normalized spacial score (nSPS) is 25.6. The summed E-state index contributed by atoms with van der Waals surface area (Å²) in [5, 5.41) is 2.25. The van der Waals surface area contributed by atoms with Crippen LogP contribution >= 0.6 is 11.3 Å². The Hall–Kier alpha value is -0.420. The molecule has 1 aliphatic heterocycles. The summed E-state index contributed by atoms with van der Waals surface area (Å²) in [6.07, 6.45) is 5.11. The molecule has 1 aliphatic carbocycles. The minimum atomic E-state index is 0.151. The fourth-order valence-electron chi connectivity index (χ4n) is 3.76. The quantitative estimate of drug-likeness (QED) is 0.925. The number of nitrogens with zero attached hydrogens (tertiary/aromatic N) is 1. The molecule has 0 amide bonds. The first-order chi connectivity index (χ1) is 9.22. The monoisotopic (exact) mass is 280 g/mol. The zero-order chi connectivity index (χ0) is 13.3. The van der Waals surface area contributed by atoms with Gasteiger partial charge in [0.2, 0.25) is 0 Å². The molecule has 2 fully saturated rings. The first-order valence-corrected chi connectivity index (χ1v) is 8.24. The van der Waals surface area contributed by atoms with E-state index in [-0.39, 0.29) is 11.6 Å². The fraction of sp³-hybridized carbons (Fsp3) is 0.733. The van der Waals surface area contributed by atoms with Crippen LogP contribution in [0, 0.1) is 6.92 Å². The van der Waals surface area contributed by atoms with Gasteiger partial charge in [-0.3, -0.25) is 4.90 Å². The van der Waals surface area contributed by atoms with E-state index in [0.717, 1.165) is 26.3 Å². The highest BCUT2D eigenvalue weighted by atomic mass is 32.1. The lowest BCUT2D eigenvalue weighted by Gasteiger charge is -2.47. The lowest BCUT2D eigenvalue weighted by atomic mass is 9.83. The van der Waals surface area contributed by atoms with Gasteiger partial charge in [-0.1, -0.05) is 12.8 Å². The maximum Gasteiger partial charge on any atom is 0.0594 e. The molecule has 2 aliphatic rings. The number of ether oxygens (including phenoxy) is 1. The summed E-state index contributed by atoms with van der Waals surface area (Å²) in [5.41, 5.74) is 8.21. The molecule has 19 heavy (non-hydrogen) atoms. The van der Waals surface area contributed by atoms with E-state index in [1.165, 1.54) is 36.1 Å². The molecule has 1 atom stereocenters. The number of morpholine rings is 1. The number of aryl methyl sites for hydroxylation is 1. The van der Waals surface area contributed by atoms with E-state index in [2.05, 4.69) is 23.3 Å².